The van der Waals surface area contributed by atoms with Gasteiger partial charge in [-0.25, -0.2) is 0 Å². The molecule has 0 bridgehead atoms. The van der Waals surface area contributed by atoms with Gasteiger partial charge in [-0.2, -0.15) is 0 Å². The zero-order valence-corrected chi connectivity index (χ0v) is 11.7. The van der Waals surface area contributed by atoms with Crippen LogP contribution >= 0.6 is 0 Å². The third-order valence-corrected chi connectivity index (χ3v) is 4.54. The van der Waals surface area contributed by atoms with Gasteiger partial charge in [0, 0.05) is 20.2 Å². The summed E-state index contributed by atoms with van der Waals surface area (Å²) in [7, 11) is 1.93. The molecule has 1 atom stereocenters. The second kappa shape index (κ2) is 6.02. The summed E-state index contributed by atoms with van der Waals surface area (Å²) in [6, 6.07) is 0. The van der Waals surface area contributed by atoms with E-state index in [0.29, 0.717) is 5.91 Å². The molecule has 104 valence electrons. The van der Waals surface area contributed by atoms with Crippen LogP contribution in [0.1, 0.15) is 39.0 Å². The molecule has 4 heteroatoms. The molecule has 0 aromatic rings. The van der Waals surface area contributed by atoms with Crippen LogP contribution in [0.25, 0.3) is 0 Å². The molecule has 0 aromatic heterocycles. The third-order valence-electron chi connectivity index (χ3n) is 4.54. The van der Waals surface area contributed by atoms with Gasteiger partial charge in [0.1, 0.15) is 0 Å². The van der Waals surface area contributed by atoms with E-state index in [-0.39, 0.29) is 11.5 Å². The van der Waals surface area contributed by atoms with Crippen molar-refractivity contribution in [3.8, 4) is 0 Å². The van der Waals surface area contributed by atoms with Gasteiger partial charge in [-0.3, -0.25) is 4.79 Å². The van der Waals surface area contributed by atoms with Gasteiger partial charge < -0.3 is 15.0 Å². The first-order chi connectivity index (χ1) is 8.68. The molecule has 1 N–H and O–H groups in total. The van der Waals surface area contributed by atoms with Crippen molar-refractivity contribution in [1.29, 1.82) is 0 Å². The highest BCUT2D eigenvalue weighted by molar-refractivity contribution is 5.82. The predicted octanol–water partition coefficient (Wildman–Crippen LogP) is 1.40. The minimum Gasteiger partial charge on any atom is -0.376 e. The van der Waals surface area contributed by atoms with Gasteiger partial charge in [0.15, 0.2) is 0 Å². The number of hydrogen-bond acceptors (Lipinski definition) is 3. The predicted molar refractivity (Wildman–Crippen MR) is 71.4 cm³/mol. The number of rotatable bonds is 4. The van der Waals surface area contributed by atoms with E-state index >= 15 is 0 Å². The first-order valence-corrected chi connectivity index (χ1v) is 7.26. The number of nitrogens with one attached hydrogen (secondary N) is 1. The first kappa shape index (κ1) is 13.8. The van der Waals surface area contributed by atoms with E-state index in [1.807, 2.05) is 11.9 Å². The average Bonchev–Trinajstić information content (AvgIpc) is 2.91. The van der Waals surface area contributed by atoms with Crippen LogP contribution in [0.2, 0.25) is 0 Å². The monoisotopic (exact) mass is 254 g/mol. The molecule has 0 spiro atoms. The van der Waals surface area contributed by atoms with E-state index in [4.69, 9.17) is 4.74 Å². The number of carbonyl (C=O) groups is 1. The Bertz CT molecular complexity index is 282. The molecule has 2 fully saturated rings. The van der Waals surface area contributed by atoms with Gasteiger partial charge >= 0.3 is 0 Å². The highest BCUT2D eigenvalue weighted by Gasteiger charge is 2.40. The Labute approximate surface area is 110 Å². The minimum absolute atomic E-state index is 0.126. The van der Waals surface area contributed by atoms with Crippen molar-refractivity contribution in [2.75, 3.05) is 33.3 Å². The number of carbonyl (C=O) groups excluding carboxylic acids is 1. The molecular weight excluding hydrogens is 228 g/mol. The van der Waals surface area contributed by atoms with E-state index in [9.17, 15) is 4.79 Å². The summed E-state index contributed by atoms with van der Waals surface area (Å²) in [6.45, 7) is 5.69. The largest absolute Gasteiger partial charge is 0.376 e. The van der Waals surface area contributed by atoms with Gasteiger partial charge in [0.05, 0.1) is 11.5 Å². The maximum absolute atomic E-state index is 12.7. The molecule has 0 aromatic carbocycles. The van der Waals surface area contributed by atoms with Crippen molar-refractivity contribution >= 4 is 5.91 Å². The summed E-state index contributed by atoms with van der Waals surface area (Å²) in [5.74, 6) is 0.321. The molecule has 4 nitrogen and oxygen atoms in total. The van der Waals surface area contributed by atoms with Gasteiger partial charge in [0.2, 0.25) is 5.91 Å². The quantitative estimate of drug-likeness (QED) is 0.824. The number of piperidine rings is 1. The number of amides is 1. The fraction of sp³-hybridized carbons (Fsp3) is 0.929. The Morgan fingerprint density at radius 3 is 2.72 bits per heavy atom. The van der Waals surface area contributed by atoms with E-state index in [1.54, 1.807) is 0 Å². The standard InChI is InChI=1S/C14H26N2O2/c1-3-14(6-8-15-9-7-14)13(17)16(2)11-12-5-4-10-18-12/h12,15H,3-11H2,1-2H3. The lowest BCUT2D eigenvalue weighted by atomic mass is 9.75. The average molecular weight is 254 g/mol. The molecule has 2 heterocycles. The van der Waals surface area contributed by atoms with Crippen molar-refractivity contribution in [1.82, 2.24) is 10.2 Å². The summed E-state index contributed by atoms with van der Waals surface area (Å²) >= 11 is 0. The van der Waals surface area contributed by atoms with Crippen molar-refractivity contribution in [2.24, 2.45) is 5.41 Å². The van der Waals surface area contributed by atoms with Gasteiger partial charge in [-0.05, 0) is 45.2 Å². The Kier molecular flexibility index (Phi) is 4.62. The molecule has 18 heavy (non-hydrogen) atoms. The number of nitrogens with zero attached hydrogens (tertiary/aromatic N) is 1. The lowest BCUT2D eigenvalue weighted by Crippen LogP contribution is -2.49. The van der Waals surface area contributed by atoms with Crippen molar-refractivity contribution in [2.45, 2.75) is 45.1 Å². The topological polar surface area (TPSA) is 41.6 Å². The molecule has 0 radical (unpaired) electrons. The normalized spacial score (nSPS) is 27.1. The van der Waals surface area contributed by atoms with Crippen LogP contribution < -0.4 is 5.32 Å². The smallest absolute Gasteiger partial charge is 0.228 e. The SMILES string of the molecule is CCC1(C(=O)N(C)CC2CCCO2)CCNCC1. The second-order valence-corrected chi connectivity index (χ2v) is 5.70. The maximum atomic E-state index is 12.7. The van der Waals surface area contributed by atoms with Gasteiger partial charge in [-0.1, -0.05) is 6.92 Å². The molecule has 0 aliphatic carbocycles. The highest BCUT2D eigenvalue weighted by Crippen LogP contribution is 2.34. The summed E-state index contributed by atoms with van der Waals surface area (Å²) < 4.78 is 5.62. The second-order valence-electron chi connectivity index (χ2n) is 5.70. The van der Waals surface area contributed by atoms with Crippen LogP contribution in [-0.4, -0.2) is 50.2 Å². The molecule has 2 saturated heterocycles. The number of ether oxygens (including phenoxy) is 1. The van der Waals surface area contributed by atoms with Crippen LogP contribution in [0.4, 0.5) is 0 Å². The van der Waals surface area contributed by atoms with Crippen LogP contribution in [0, 0.1) is 5.41 Å². The van der Waals surface area contributed by atoms with Crippen LogP contribution in [0.3, 0.4) is 0 Å². The lowest BCUT2D eigenvalue weighted by molar-refractivity contribution is -0.144. The first-order valence-electron chi connectivity index (χ1n) is 7.26. The van der Waals surface area contributed by atoms with Gasteiger partial charge in [0.25, 0.3) is 0 Å². The van der Waals surface area contributed by atoms with E-state index in [2.05, 4.69) is 12.2 Å². The van der Waals surface area contributed by atoms with Crippen molar-refractivity contribution in [3.63, 3.8) is 0 Å². The molecule has 2 rings (SSSR count). The fourth-order valence-electron chi connectivity index (χ4n) is 3.21. The van der Waals surface area contributed by atoms with Crippen LogP contribution in [0.15, 0.2) is 0 Å². The number of likely N-dealkylation sites (N-methyl/N-ethyl adjacent to an activating group) is 1. The molecular formula is C14H26N2O2. The highest BCUT2D eigenvalue weighted by atomic mass is 16.5. The summed E-state index contributed by atoms with van der Waals surface area (Å²) in [5.41, 5.74) is -0.126. The Morgan fingerprint density at radius 1 is 1.44 bits per heavy atom. The number of hydrogen-bond donors (Lipinski definition) is 1. The Hall–Kier alpha value is -0.610. The van der Waals surface area contributed by atoms with E-state index in [1.165, 1.54) is 0 Å². The molecule has 2 aliphatic rings. The van der Waals surface area contributed by atoms with Crippen molar-refractivity contribution < 1.29 is 9.53 Å². The summed E-state index contributed by atoms with van der Waals surface area (Å²) in [4.78, 5) is 14.6. The Balaban J connectivity index is 1.94. The van der Waals surface area contributed by atoms with E-state index in [0.717, 1.165) is 58.3 Å². The fourth-order valence-corrected chi connectivity index (χ4v) is 3.21. The summed E-state index contributed by atoms with van der Waals surface area (Å²) in [6.07, 6.45) is 5.38. The Morgan fingerprint density at radius 2 is 2.17 bits per heavy atom. The van der Waals surface area contributed by atoms with Crippen molar-refractivity contribution in [3.05, 3.63) is 0 Å². The van der Waals surface area contributed by atoms with E-state index < -0.39 is 0 Å². The maximum Gasteiger partial charge on any atom is 0.228 e. The zero-order valence-electron chi connectivity index (χ0n) is 11.7. The minimum atomic E-state index is -0.126. The van der Waals surface area contributed by atoms with Crippen LogP contribution in [0.5, 0.6) is 0 Å². The molecule has 1 unspecified atom stereocenters. The summed E-state index contributed by atoms with van der Waals surface area (Å²) in [5, 5.41) is 3.35. The lowest BCUT2D eigenvalue weighted by Gasteiger charge is -2.38. The third kappa shape index (κ3) is 2.86. The molecule has 0 saturated carbocycles. The molecule has 1 amide bonds. The van der Waals surface area contributed by atoms with Crippen LogP contribution in [-0.2, 0) is 9.53 Å². The zero-order chi connectivity index (χ0) is 13.0. The molecule has 2 aliphatic heterocycles. The van der Waals surface area contributed by atoms with Gasteiger partial charge in [-0.15, -0.1) is 0 Å².